The van der Waals surface area contributed by atoms with Crippen LogP contribution in [0.3, 0.4) is 0 Å². The van der Waals surface area contributed by atoms with Crippen LogP contribution in [0.4, 0.5) is 0 Å². The molecule has 1 fully saturated rings. The predicted molar refractivity (Wildman–Crippen MR) is 102 cm³/mol. The highest BCUT2D eigenvalue weighted by atomic mass is 32.2. The van der Waals surface area contributed by atoms with Gasteiger partial charge < -0.3 is 0 Å². The Hall–Kier alpha value is -1.21. The molecule has 0 aliphatic heterocycles. The van der Waals surface area contributed by atoms with Gasteiger partial charge in [0.2, 0.25) is 0 Å². The van der Waals surface area contributed by atoms with Gasteiger partial charge in [0.15, 0.2) is 9.79 Å². The second-order valence-corrected chi connectivity index (χ2v) is 8.74. The van der Waals surface area contributed by atoms with Gasteiger partial charge in [0.25, 0.3) is 0 Å². The highest BCUT2D eigenvalue weighted by Crippen LogP contribution is 2.38. The molecule has 0 bridgehead atoms. The highest BCUT2D eigenvalue weighted by Gasteiger charge is 2.38. The molecule has 0 amide bonds. The molecule has 0 spiro atoms. The lowest BCUT2D eigenvalue weighted by Crippen LogP contribution is -2.26. The quantitative estimate of drug-likeness (QED) is 0.576. The first kappa shape index (κ1) is 16.6. The Morgan fingerprint density at radius 3 is 1.70 bits per heavy atom. The van der Waals surface area contributed by atoms with Crippen LogP contribution in [0.15, 0.2) is 58.3 Å². The Balaban J connectivity index is 2.10. The van der Waals surface area contributed by atoms with Crippen molar-refractivity contribution in [2.24, 2.45) is 0 Å². The summed E-state index contributed by atoms with van der Waals surface area (Å²) in [4.78, 5) is 3.23. The molecule has 0 radical (unpaired) electrons. The standard InChI is InChI=1S/C22H29S/c1-3-18-12-8-10-16-21(18)23(20-14-6-5-7-15-20)22-17-11-9-13-19(22)4-2/h8-13,16-17,20H,3-7,14-15H2,1-2H3/q+1. The summed E-state index contributed by atoms with van der Waals surface area (Å²) in [5.74, 6) is 0. The van der Waals surface area contributed by atoms with Gasteiger partial charge in [-0.15, -0.1) is 0 Å². The maximum atomic E-state index is 2.41. The summed E-state index contributed by atoms with van der Waals surface area (Å²) in [7, 11) is 0.239. The summed E-state index contributed by atoms with van der Waals surface area (Å²) >= 11 is 0. The minimum atomic E-state index is 0.239. The van der Waals surface area contributed by atoms with Gasteiger partial charge in [-0.2, -0.15) is 0 Å². The maximum absolute atomic E-state index is 2.41. The minimum absolute atomic E-state index is 0.239. The molecule has 0 heterocycles. The van der Waals surface area contributed by atoms with Crippen LogP contribution in [0.5, 0.6) is 0 Å². The molecule has 0 N–H and O–H groups in total. The van der Waals surface area contributed by atoms with E-state index in [0.29, 0.717) is 0 Å². The third-order valence-corrected chi connectivity index (χ3v) is 7.95. The van der Waals surface area contributed by atoms with Gasteiger partial charge >= 0.3 is 0 Å². The lowest BCUT2D eigenvalue weighted by Gasteiger charge is -2.24. The van der Waals surface area contributed by atoms with Crippen LogP contribution in [0.25, 0.3) is 0 Å². The molecular formula is C22H29S+. The highest BCUT2D eigenvalue weighted by molar-refractivity contribution is 7.97. The molecule has 1 saturated carbocycles. The minimum Gasteiger partial charge on any atom is -0.0616 e. The summed E-state index contributed by atoms with van der Waals surface area (Å²) in [5.41, 5.74) is 3.10. The predicted octanol–water partition coefficient (Wildman–Crippen LogP) is 6.18. The fourth-order valence-electron chi connectivity index (χ4n) is 3.80. The number of aryl methyl sites for hydroxylation is 2. The fraction of sp³-hybridized carbons (Fsp3) is 0.455. The Labute approximate surface area is 144 Å². The average Bonchev–Trinajstić information content (AvgIpc) is 2.64. The lowest BCUT2D eigenvalue weighted by atomic mass is 10.0. The molecule has 0 unspecified atom stereocenters. The molecule has 122 valence electrons. The Morgan fingerprint density at radius 1 is 0.739 bits per heavy atom. The number of benzene rings is 2. The molecule has 0 atom stereocenters. The van der Waals surface area contributed by atoms with Gasteiger partial charge in [-0.3, -0.25) is 0 Å². The molecule has 3 rings (SSSR count). The van der Waals surface area contributed by atoms with Gasteiger partial charge in [-0.1, -0.05) is 56.7 Å². The Bertz CT molecular complexity index is 578. The van der Waals surface area contributed by atoms with Crippen LogP contribution < -0.4 is 0 Å². The van der Waals surface area contributed by atoms with Crippen molar-refractivity contribution in [2.45, 2.75) is 73.8 Å². The molecule has 1 aliphatic rings. The van der Waals surface area contributed by atoms with E-state index in [1.54, 1.807) is 20.9 Å². The van der Waals surface area contributed by atoms with E-state index in [-0.39, 0.29) is 10.9 Å². The van der Waals surface area contributed by atoms with Crippen LogP contribution in [-0.4, -0.2) is 5.25 Å². The molecular weight excluding hydrogens is 296 g/mol. The van der Waals surface area contributed by atoms with E-state index < -0.39 is 0 Å². The molecule has 0 saturated heterocycles. The Morgan fingerprint density at radius 2 is 1.22 bits per heavy atom. The average molecular weight is 326 g/mol. The first-order valence-corrected chi connectivity index (χ1v) is 10.5. The van der Waals surface area contributed by atoms with E-state index in [1.165, 1.54) is 32.1 Å². The number of rotatable bonds is 5. The third kappa shape index (κ3) is 3.66. The summed E-state index contributed by atoms with van der Waals surface area (Å²) in [6.45, 7) is 4.60. The molecule has 23 heavy (non-hydrogen) atoms. The van der Waals surface area contributed by atoms with Crippen molar-refractivity contribution in [3.63, 3.8) is 0 Å². The fourth-order valence-corrected chi connectivity index (χ4v) is 7.00. The first-order valence-electron chi connectivity index (χ1n) is 9.24. The number of hydrogen-bond acceptors (Lipinski definition) is 0. The van der Waals surface area contributed by atoms with E-state index in [4.69, 9.17) is 0 Å². The van der Waals surface area contributed by atoms with E-state index in [0.717, 1.165) is 18.1 Å². The largest absolute Gasteiger partial charge is 0.164 e. The van der Waals surface area contributed by atoms with Crippen molar-refractivity contribution in [1.29, 1.82) is 0 Å². The van der Waals surface area contributed by atoms with Crippen LogP contribution in [-0.2, 0) is 23.7 Å². The second-order valence-electron chi connectivity index (χ2n) is 6.52. The van der Waals surface area contributed by atoms with E-state index in [1.807, 2.05) is 0 Å². The zero-order valence-electron chi connectivity index (χ0n) is 14.6. The van der Waals surface area contributed by atoms with E-state index >= 15 is 0 Å². The third-order valence-electron chi connectivity index (χ3n) is 5.07. The van der Waals surface area contributed by atoms with Crippen molar-refractivity contribution >= 4 is 10.9 Å². The van der Waals surface area contributed by atoms with Gasteiger partial charge in [-0.05, 0) is 50.7 Å². The van der Waals surface area contributed by atoms with Gasteiger partial charge in [0, 0.05) is 11.1 Å². The summed E-state index contributed by atoms with van der Waals surface area (Å²) in [6.07, 6.45) is 9.34. The van der Waals surface area contributed by atoms with Gasteiger partial charge in [0.1, 0.15) is 5.25 Å². The van der Waals surface area contributed by atoms with Crippen molar-refractivity contribution in [3.8, 4) is 0 Å². The molecule has 2 aromatic rings. The summed E-state index contributed by atoms with van der Waals surface area (Å²) < 4.78 is 0. The number of hydrogen-bond donors (Lipinski definition) is 0. The van der Waals surface area contributed by atoms with Crippen molar-refractivity contribution in [1.82, 2.24) is 0 Å². The monoisotopic (exact) mass is 325 g/mol. The molecule has 2 aromatic carbocycles. The molecule has 0 aromatic heterocycles. The topological polar surface area (TPSA) is 0 Å². The van der Waals surface area contributed by atoms with E-state index in [2.05, 4.69) is 62.4 Å². The second kappa shape index (κ2) is 8.06. The molecule has 0 nitrogen and oxygen atoms in total. The smallest absolute Gasteiger partial charge is 0.0616 e. The zero-order valence-corrected chi connectivity index (χ0v) is 15.4. The molecule has 1 heteroatoms. The van der Waals surface area contributed by atoms with Crippen LogP contribution >= 0.6 is 0 Å². The van der Waals surface area contributed by atoms with Crippen molar-refractivity contribution in [2.75, 3.05) is 0 Å². The summed E-state index contributed by atoms with van der Waals surface area (Å²) in [6, 6.07) is 18.4. The van der Waals surface area contributed by atoms with Crippen LogP contribution in [0.1, 0.15) is 57.1 Å². The Kier molecular flexibility index (Phi) is 5.83. The van der Waals surface area contributed by atoms with E-state index in [9.17, 15) is 0 Å². The normalized spacial score (nSPS) is 16.0. The summed E-state index contributed by atoms with van der Waals surface area (Å²) in [5, 5.41) is 0.837. The molecule has 1 aliphatic carbocycles. The maximum Gasteiger partial charge on any atom is 0.164 e. The lowest BCUT2D eigenvalue weighted by molar-refractivity contribution is 0.512. The van der Waals surface area contributed by atoms with Crippen molar-refractivity contribution < 1.29 is 0 Å². The van der Waals surface area contributed by atoms with Gasteiger partial charge in [0.05, 0.1) is 10.9 Å². The zero-order chi connectivity index (χ0) is 16.1. The van der Waals surface area contributed by atoms with Crippen molar-refractivity contribution in [3.05, 3.63) is 59.7 Å². The van der Waals surface area contributed by atoms with Crippen LogP contribution in [0.2, 0.25) is 0 Å². The van der Waals surface area contributed by atoms with Gasteiger partial charge in [-0.25, -0.2) is 0 Å². The van der Waals surface area contributed by atoms with Crippen LogP contribution in [0, 0.1) is 0 Å². The first-order chi connectivity index (χ1) is 11.3. The SMILES string of the molecule is CCc1ccccc1[S+](c1ccccc1CC)C1CCCCC1.